The van der Waals surface area contributed by atoms with Crippen LogP contribution in [-0.2, 0) is 0 Å². The van der Waals surface area contributed by atoms with Crippen molar-refractivity contribution in [1.29, 1.82) is 0 Å². The molecule has 0 fully saturated rings. The third-order valence-electron chi connectivity index (χ3n) is 3.51. The molecule has 0 radical (unpaired) electrons. The molecular formula is C17H15NO2. The van der Waals surface area contributed by atoms with Gasteiger partial charge in [-0.3, -0.25) is 0 Å². The predicted octanol–water partition coefficient (Wildman–Crippen LogP) is 4.15. The molecule has 2 aromatic carbocycles. The molecule has 1 aromatic heterocycles. The van der Waals surface area contributed by atoms with Gasteiger partial charge in [-0.1, -0.05) is 41.5 Å². The number of aromatic carboxylic acids is 1. The molecule has 0 aliphatic carbocycles. The molecule has 0 atom stereocenters. The van der Waals surface area contributed by atoms with Crippen molar-refractivity contribution in [2.75, 3.05) is 0 Å². The number of aromatic amines is 1. The van der Waals surface area contributed by atoms with Gasteiger partial charge >= 0.3 is 5.97 Å². The second-order valence-corrected chi connectivity index (χ2v) is 5.10. The topological polar surface area (TPSA) is 53.1 Å². The highest BCUT2D eigenvalue weighted by Crippen LogP contribution is 2.31. The molecule has 3 nitrogen and oxygen atoms in total. The van der Waals surface area contributed by atoms with Crippen molar-refractivity contribution in [1.82, 2.24) is 4.98 Å². The Hall–Kier alpha value is -2.55. The molecule has 0 aliphatic rings. The Morgan fingerprint density at radius 2 is 1.65 bits per heavy atom. The summed E-state index contributed by atoms with van der Waals surface area (Å²) >= 11 is 0. The summed E-state index contributed by atoms with van der Waals surface area (Å²) in [6, 6.07) is 13.7. The third-order valence-corrected chi connectivity index (χ3v) is 3.51. The highest BCUT2D eigenvalue weighted by molar-refractivity contribution is 6.09. The van der Waals surface area contributed by atoms with E-state index < -0.39 is 5.97 Å². The molecule has 0 unspecified atom stereocenters. The fourth-order valence-corrected chi connectivity index (χ4v) is 2.46. The van der Waals surface area contributed by atoms with E-state index in [1.165, 1.54) is 0 Å². The van der Waals surface area contributed by atoms with E-state index in [0.717, 1.165) is 27.6 Å². The molecule has 0 aliphatic heterocycles. The van der Waals surface area contributed by atoms with E-state index in [0.29, 0.717) is 11.3 Å². The number of aryl methyl sites for hydroxylation is 2. The molecule has 0 saturated carbocycles. The SMILES string of the molecule is Cc1ccc(-c2[nH]c3ccc(C)cc3c2C(=O)O)cc1. The van der Waals surface area contributed by atoms with Crippen molar-refractivity contribution in [3.8, 4) is 11.3 Å². The molecule has 0 spiro atoms. The van der Waals surface area contributed by atoms with Crippen LogP contribution in [0.25, 0.3) is 22.2 Å². The Balaban J connectivity index is 2.32. The van der Waals surface area contributed by atoms with Crippen LogP contribution >= 0.6 is 0 Å². The van der Waals surface area contributed by atoms with Crippen LogP contribution in [0.3, 0.4) is 0 Å². The van der Waals surface area contributed by atoms with Crippen molar-refractivity contribution in [3.63, 3.8) is 0 Å². The number of rotatable bonds is 2. The zero-order chi connectivity index (χ0) is 14.3. The minimum atomic E-state index is -0.905. The largest absolute Gasteiger partial charge is 0.478 e. The summed E-state index contributed by atoms with van der Waals surface area (Å²) in [6.07, 6.45) is 0. The Morgan fingerprint density at radius 3 is 2.30 bits per heavy atom. The number of nitrogens with one attached hydrogen (secondary N) is 1. The predicted molar refractivity (Wildman–Crippen MR) is 80.2 cm³/mol. The van der Waals surface area contributed by atoms with Gasteiger partial charge in [0.1, 0.15) is 0 Å². The summed E-state index contributed by atoms with van der Waals surface area (Å²) in [5.41, 5.74) is 4.95. The number of fused-ring (bicyclic) bond motifs is 1. The van der Waals surface area contributed by atoms with Gasteiger partial charge in [-0.2, -0.15) is 0 Å². The molecular weight excluding hydrogens is 250 g/mol. The number of hydrogen-bond acceptors (Lipinski definition) is 1. The van der Waals surface area contributed by atoms with Crippen molar-refractivity contribution in [3.05, 3.63) is 59.2 Å². The molecule has 3 rings (SSSR count). The van der Waals surface area contributed by atoms with E-state index in [2.05, 4.69) is 4.98 Å². The maximum Gasteiger partial charge on any atom is 0.338 e. The van der Waals surface area contributed by atoms with E-state index in [1.807, 2.05) is 56.3 Å². The molecule has 0 amide bonds. The summed E-state index contributed by atoms with van der Waals surface area (Å²) in [7, 11) is 0. The van der Waals surface area contributed by atoms with Crippen molar-refractivity contribution >= 4 is 16.9 Å². The lowest BCUT2D eigenvalue weighted by Crippen LogP contribution is -1.97. The molecule has 1 heterocycles. The number of carboxylic acid groups (broad SMARTS) is 1. The van der Waals surface area contributed by atoms with Crippen molar-refractivity contribution < 1.29 is 9.90 Å². The average molecular weight is 265 g/mol. The summed E-state index contributed by atoms with van der Waals surface area (Å²) in [6.45, 7) is 3.97. The van der Waals surface area contributed by atoms with Crippen LogP contribution < -0.4 is 0 Å². The first kappa shape index (κ1) is 12.5. The highest BCUT2D eigenvalue weighted by Gasteiger charge is 2.18. The van der Waals surface area contributed by atoms with Gasteiger partial charge in [0, 0.05) is 10.9 Å². The van der Waals surface area contributed by atoms with Gasteiger partial charge in [0.25, 0.3) is 0 Å². The number of hydrogen-bond donors (Lipinski definition) is 2. The van der Waals surface area contributed by atoms with Crippen LogP contribution in [0, 0.1) is 13.8 Å². The van der Waals surface area contributed by atoms with Gasteiger partial charge in [-0.25, -0.2) is 4.79 Å². The van der Waals surface area contributed by atoms with Gasteiger partial charge in [-0.05, 0) is 31.5 Å². The second-order valence-electron chi connectivity index (χ2n) is 5.10. The zero-order valence-corrected chi connectivity index (χ0v) is 11.4. The fourth-order valence-electron chi connectivity index (χ4n) is 2.46. The molecule has 3 heteroatoms. The van der Waals surface area contributed by atoms with Crippen LogP contribution in [0.1, 0.15) is 21.5 Å². The molecule has 2 N–H and O–H groups in total. The van der Waals surface area contributed by atoms with E-state index in [1.54, 1.807) is 0 Å². The Labute approximate surface area is 116 Å². The molecule has 100 valence electrons. The van der Waals surface area contributed by atoms with E-state index in [-0.39, 0.29) is 0 Å². The monoisotopic (exact) mass is 265 g/mol. The van der Waals surface area contributed by atoms with Crippen LogP contribution in [0.5, 0.6) is 0 Å². The number of benzene rings is 2. The van der Waals surface area contributed by atoms with Crippen LogP contribution in [0.2, 0.25) is 0 Å². The van der Waals surface area contributed by atoms with Crippen molar-refractivity contribution in [2.24, 2.45) is 0 Å². The van der Waals surface area contributed by atoms with Crippen LogP contribution in [-0.4, -0.2) is 16.1 Å². The highest BCUT2D eigenvalue weighted by atomic mass is 16.4. The number of carboxylic acids is 1. The number of aromatic nitrogens is 1. The van der Waals surface area contributed by atoms with Gasteiger partial charge in [0.05, 0.1) is 11.3 Å². The van der Waals surface area contributed by atoms with Gasteiger partial charge in [-0.15, -0.1) is 0 Å². The van der Waals surface area contributed by atoms with Crippen LogP contribution in [0.4, 0.5) is 0 Å². The van der Waals surface area contributed by atoms with E-state index in [9.17, 15) is 9.90 Å². The summed E-state index contributed by atoms with van der Waals surface area (Å²) < 4.78 is 0. The maximum absolute atomic E-state index is 11.6. The summed E-state index contributed by atoms with van der Waals surface area (Å²) in [4.78, 5) is 14.9. The lowest BCUT2D eigenvalue weighted by atomic mass is 10.0. The third kappa shape index (κ3) is 1.97. The number of H-pyrrole nitrogens is 1. The van der Waals surface area contributed by atoms with E-state index >= 15 is 0 Å². The summed E-state index contributed by atoms with van der Waals surface area (Å²) in [5.74, 6) is -0.905. The smallest absolute Gasteiger partial charge is 0.338 e. The lowest BCUT2D eigenvalue weighted by Gasteiger charge is -2.02. The maximum atomic E-state index is 11.6. The quantitative estimate of drug-likeness (QED) is 0.731. The number of carbonyl (C=O) groups is 1. The normalized spacial score (nSPS) is 10.9. The first-order chi connectivity index (χ1) is 9.56. The lowest BCUT2D eigenvalue weighted by molar-refractivity contribution is 0.0700. The Bertz CT molecular complexity index is 798. The zero-order valence-electron chi connectivity index (χ0n) is 11.4. The minimum Gasteiger partial charge on any atom is -0.478 e. The van der Waals surface area contributed by atoms with E-state index in [4.69, 9.17) is 0 Å². The van der Waals surface area contributed by atoms with Gasteiger partial charge < -0.3 is 10.1 Å². The molecule has 20 heavy (non-hydrogen) atoms. The van der Waals surface area contributed by atoms with Gasteiger partial charge in [0.15, 0.2) is 0 Å². The molecule has 3 aromatic rings. The molecule has 0 saturated heterocycles. The average Bonchev–Trinajstić information content (AvgIpc) is 2.78. The molecule has 0 bridgehead atoms. The van der Waals surface area contributed by atoms with Crippen molar-refractivity contribution in [2.45, 2.75) is 13.8 Å². The Kier molecular flexibility index (Phi) is 2.83. The van der Waals surface area contributed by atoms with Gasteiger partial charge in [0.2, 0.25) is 0 Å². The Morgan fingerprint density at radius 1 is 1.00 bits per heavy atom. The standard InChI is InChI=1S/C17H15NO2/c1-10-3-6-12(7-4-10)16-15(17(19)20)13-9-11(2)5-8-14(13)18-16/h3-9,18H,1-2H3,(H,19,20). The van der Waals surface area contributed by atoms with Crippen LogP contribution in [0.15, 0.2) is 42.5 Å². The second kappa shape index (κ2) is 4.53. The first-order valence-electron chi connectivity index (χ1n) is 6.49. The first-order valence-corrected chi connectivity index (χ1v) is 6.49. The summed E-state index contributed by atoms with van der Waals surface area (Å²) in [5, 5.41) is 10.3. The minimum absolute atomic E-state index is 0.340. The fraction of sp³-hybridized carbons (Fsp3) is 0.118.